The number of hydrazone groups is 1. The quantitative estimate of drug-likeness (QED) is 0.644. The van der Waals surface area contributed by atoms with Crippen LogP contribution in [0.25, 0.3) is 0 Å². The number of amides is 1. The molecule has 2 heterocycles. The molecule has 2 aromatic rings. The summed E-state index contributed by atoms with van der Waals surface area (Å²) >= 11 is 0. The molecule has 17 heavy (non-hydrogen) atoms. The molecule has 0 aromatic carbocycles. The van der Waals surface area contributed by atoms with Gasteiger partial charge in [0.05, 0.1) is 6.21 Å². The molecule has 0 fully saturated rings. The van der Waals surface area contributed by atoms with E-state index in [0.29, 0.717) is 5.76 Å². The third-order valence-electron chi connectivity index (χ3n) is 2.03. The van der Waals surface area contributed by atoms with Gasteiger partial charge in [0.15, 0.2) is 5.76 Å². The van der Waals surface area contributed by atoms with Crippen molar-refractivity contribution >= 4 is 12.1 Å². The number of nitrogens with one attached hydrogen (secondary N) is 1. The van der Waals surface area contributed by atoms with E-state index in [2.05, 4.69) is 15.5 Å². The lowest BCUT2D eigenvalue weighted by Gasteiger charge is -1.95. The fourth-order valence-corrected chi connectivity index (χ4v) is 1.23. The van der Waals surface area contributed by atoms with E-state index in [-0.39, 0.29) is 11.7 Å². The molecule has 0 aliphatic carbocycles. The zero-order valence-electron chi connectivity index (χ0n) is 9.25. The van der Waals surface area contributed by atoms with Gasteiger partial charge in [-0.3, -0.25) is 9.78 Å². The minimum atomic E-state index is -0.377. The van der Waals surface area contributed by atoms with E-state index in [1.54, 1.807) is 37.5 Å². The van der Waals surface area contributed by atoms with E-state index >= 15 is 0 Å². The van der Waals surface area contributed by atoms with Crippen LogP contribution in [-0.2, 0) is 0 Å². The second-order valence-corrected chi connectivity index (χ2v) is 3.40. The number of aryl methyl sites for hydroxylation is 1. The van der Waals surface area contributed by atoms with Crippen LogP contribution in [0.2, 0.25) is 0 Å². The summed E-state index contributed by atoms with van der Waals surface area (Å²) in [4.78, 5) is 15.4. The number of hydrogen-bond acceptors (Lipinski definition) is 4. The fourth-order valence-electron chi connectivity index (χ4n) is 1.23. The van der Waals surface area contributed by atoms with Crippen molar-refractivity contribution in [3.05, 3.63) is 53.7 Å². The van der Waals surface area contributed by atoms with Crippen LogP contribution in [0, 0.1) is 6.92 Å². The Morgan fingerprint density at radius 3 is 3.00 bits per heavy atom. The zero-order chi connectivity index (χ0) is 12.1. The van der Waals surface area contributed by atoms with Crippen LogP contribution in [-0.4, -0.2) is 17.1 Å². The van der Waals surface area contributed by atoms with Gasteiger partial charge < -0.3 is 4.42 Å². The van der Waals surface area contributed by atoms with Gasteiger partial charge in [-0.25, -0.2) is 5.43 Å². The average Bonchev–Trinajstić information content (AvgIpc) is 2.77. The Morgan fingerprint density at radius 2 is 2.35 bits per heavy atom. The number of nitrogens with zero attached hydrogens (tertiary/aromatic N) is 2. The first-order valence-corrected chi connectivity index (χ1v) is 5.05. The first-order chi connectivity index (χ1) is 8.25. The lowest BCUT2D eigenvalue weighted by atomic mass is 10.3. The first kappa shape index (κ1) is 11.1. The number of hydrogen-bond donors (Lipinski definition) is 1. The Balaban J connectivity index is 1.95. The SMILES string of the molecule is Cc1ccc(C(=O)NN=Cc2cccnc2)o1. The van der Waals surface area contributed by atoms with Gasteiger partial charge in [0, 0.05) is 18.0 Å². The molecule has 0 aliphatic heterocycles. The molecule has 5 heteroatoms. The standard InChI is InChI=1S/C12H11N3O2/c1-9-4-5-11(17-9)12(16)15-14-8-10-3-2-6-13-7-10/h2-8H,1H3,(H,15,16). The van der Waals surface area contributed by atoms with Crippen molar-refractivity contribution in [2.24, 2.45) is 5.10 Å². The lowest BCUT2D eigenvalue weighted by Crippen LogP contribution is -2.16. The molecule has 86 valence electrons. The van der Waals surface area contributed by atoms with Crippen molar-refractivity contribution in [2.45, 2.75) is 6.92 Å². The Morgan fingerprint density at radius 1 is 1.47 bits per heavy atom. The molecule has 2 aromatic heterocycles. The Hall–Kier alpha value is -2.43. The van der Waals surface area contributed by atoms with E-state index in [1.165, 1.54) is 6.21 Å². The van der Waals surface area contributed by atoms with Crippen molar-refractivity contribution in [1.29, 1.82) is 0 Å². The summed E-state index contributed by atoms with van der Waals surface area (Å²) in [5, 5.41) is 3.80. The molecule has 1 N–H and O–H groups in total. The molecule has 0 spiro atoms. The van der Waals surface area contributed by atoms with Gasteiger partial charge in [0.25, 0.3) is 0 Å². The average molecular weight is 229 g/mol. The monoisotopic (exact) mass is 229 g/mol. The van der Waals surface area contributed by atoms with Crippen molar-refractivity contribution in [2.75, 3.05) is 0 Å². The summed E-state index contributed by atoms with van der Waals surface area (Å²) in [7, 11) is 0. The molecule has 5 nitrogen and oxygen atoms in total. The summed E-state index contributed by atoms with van der Waals surface area (Å²) in [6, 6.07) is 6.95. The smallest absolute Gasteiger partial charge is 0.307 e. The van der Waals surface area contributed by atoms with Gasteiger partial charge in [-0.2, -0.15) is 5.10 Å². The maximum atomic E-state index is 11.5. The fraction of sp³-hybridized carbons (Fsp3) is 0.0833. The van der Waals surface area contributed by atoms with Crippen LogP contribution >= 0.6 is 0 Å². The largest absolute Gasteiger partial charge is 0.456 e. The van der Waals surface area contributed by atoms with Crippen LogP contribution < -0.4 is 5.43 Å². The summed E-state index contributed by atoms with van der Waals surface area (Å²) < 4.78 is 5.15. The molecule has 0 bridgehead atoms. The van der Waals surface area contributed by atoms with Gasteiger partial charge in [-0.05, 0) is 25.1 Å². The number of furan rings is 1. The molecule has 0 radical (unpaired) electrons. The van der Waals surface area contributed by atoms with Crippen LogP contribution in [0.1, 0.15) is 21.9 Å². The molecule has 1 amide bonds. The molecule has 0 atom stereocenters. The van der Waals surface area contributed by atoms with Gasteiger partial charge in [-0.15, -0.1) is 0 Å². The van der Waals surface area contributed by atoms with E-state index < -0.39 is 0 Å². The minimum Gasteiger partial charge on any atom is -0.456 e. The molecular formula is C12H11N3O2. The molecule has 0 saturated heterocycles. The normalized spacial score (nSPS) is 10.6. The van der Waals surface area contributed by atoms with E-state index in [1.807, 2.05) is 6.07 Å². The van der Waals surface area contributed by atoms with Crippen molar-refractivity contribution in [3.63, 3.8) is 0 Å². The van der Waals surface area contributed by atoms with Crippen LogP contribution in [0.5, 0.6) is 0 Å². The summed E-state index contributed by atoms with van der Waals surface area (Å²) in [6.07, 6.45) is 4.83. The van der Waals surface area contributed by atoms with Gasteiger partial charge in [0.2, 0.25) is 0 Å². The highest BCUT2D eigenvalue weighted by molar-refractivity contribution is 5.92. The zero-order valence-corrected chi connectivity index (χ0v) is 9.25. The van der Waals surface area contributed by atoms with E-state index in [4.69, 9.17) is 4.42 Å². The van der Waals surface area contributed by atoms with Gasteiger partial charge >= 0.3 is 5.91 Å². The number of aromatic nitrogens is 1. The van der Waals surface area contributed by atoms with Crippen molar-refractivity contribution in [3.8, 4) is 0 Å². The highest BCUT2D eigenvalue weighted by Gasteiger charge is 2.07. The van der Waals surface area contributed by atoms with Gasteiger partial charge in [-0.1, -0.05) is 6.07 Å². The minimum absolute atomic E-state index is 0.242. The molecular weight excluding hydrogens is 218 g/mol. The lowest BCUT2D eigenvalue weighted by molar-refractivity contribution is 0.0926. The number of carbonyl (C=O) groups excluding carboxylic acids is 1. The maximum Gasteiger partial charge on any atom is 0.307 e. The molecule has 0 saturated carbocycles. The van der Waals surface area contributed by atoms with Crippen molar-refractivity contribution in [1.82, 2.24) is 10.4 Å². The Kier molecular flexibility index (Phi) is 3.30. The third-order valence-corrected chi connectivity index (χ3v) is 2.03. The highest BCUT2D eigenvalue weighted by atomic mass is 16.3. The van der Waals surface area contributed by atoms with Gasteiger partial charge in [0.1, 0.15) is 5.76 Å². The molecule has 0 unspecified atom stereocenters. The van der Waals surface area contributed by atoms with E-state index in [9.17, 15) is 4.79 Å². The Labute approximate surface area is 98.2 Å². The molecule has 2 rings (SSSR count). The van der Waals surface area contributed by atoms with Crippen molar-refractivity contribution < 1.29 is 9.21 Å². The first-order valence-electron chi connectivity index (χ1n) is 5.05. The van der Waals surface area contributed by atoms with Crippen LogP contribution in [0.15, 0.2) is 46.2 Å². The summed E-state index contributed by atoms with van der Waals surface area (Å²) in [5.74, 6) is 0.551. The summed E-state index contributed by atoms with van der Waals surface area (Å²) in [5.41, 5.74) is 3.18. The topological polar surface area (TPSA) is 67.5 Å². The Bertz CT molecular complexity index is 532. The third kappa shape index (κ3) is 3.01. The number of carbonyl (C=O) groups is 1. The maximum absolute atomic E-state index is 11.5. The van der Waals surface area contributed by atoms with Crippen LogP contribution in [0.3, 0.4) is 0 Å². The molecule has 0 aliphatic rings. The number of pyridine rings is 1. The summed E-state index contributed by atoms with van der Waals surface area (Å²) in [6.45, 7) is 1.77. The second-order valence-electron chi connectivity index (χ2n) is 3.40. The highest BCUT2D eigenvalue weighted by Crippen LogP contribution is 2.05. The van der Waals surface area contributed by atoms with Crippen LogP contribution in [0.4, 0.5) is 0 Å². The van der Waals surface area contributed by atoms with E-state index in [0.717, 1.165) is 5.56 Å². The predicted octanol–water partition coefficient (Wildman–Crippen LogP) is 1.75. The number of rotatable bonds is 3. The predicted molar refractivity (Wildman–Crippen MR) is 62.7 cm³/mol. The second kappa shape index (κ2) is 5.07.